The van der Waals surface area contributed by atoms with Crippen molar-refractivity contribution in [2.45, 2.75) is 45.0 Å². The molecule has 9 nitrogen and oxygen atoms in total. The van der Waals surface area contributed by atoms with Crippen molar-refractivity contribution in [3.05, 3.63) is 41.7 Å². The number of halogens is 7. The number of nitrogens with one attached hydrogen (secondary N) is 1. The van der Waals surface area contributed by atoms with Crippen molar-refractivity contribution in [3.63, 3.8) is 0 Å². The molecule has 0 bridgehead atoms. The molecule has 1 fully saturated rings. The fraction of sp³-hybridized carbons (Fsp3) is 0.417. The van der Waals surface area contributed by atoms with E-state index >= 15 is 0 Å². The molecule has 0 spiro atoms. The molecule has 2 amide bonds. The number of aromatic nitrogens is 3. The van der Waals surface area contributed by atoms with Gasteiger partial charge in [0.05, 0.1) is 29.4 Å². The van der Waals surface area contributed by atoms with Gasteiger partial charge in [-0.3, -0.25) is 9.59 Å². The second-order valence-electron chi connectivity index (χ2n) is 9.60. The highest BCUT2D eigenvalue weighted by molar-refractivity contribution is 5.98. The maximum Gasteiger partial charge on any atom is 0.573 e. The van der Waals surface area contributed by atoms with Crippen LogP contribution in [0.3, 0.4) is 0 Å². The SMILES string of the molecule is CC(C)CC(=O)N1C[C@H](F)[C@H](NC(=O)c2cc(-c3cc(C(F)(F)F)c4c(N)ncnn34)ccc2OC(F)(F)F)C1. The average Bonchev–Trinajstić information content (AvgIpc) is 3.40. The van der Waals surface area contributed by atoms with Gasteiger partial charge in [0.2, 0.25) is 5.91 Å². The van der Waals surface area contributed by atoms with Crippen LogP contribution in [0.25, 0.3) is 16.8 Å². The van der Waals surface area contributed by atoms with Gasteiger partial charge in [0.25, 0.3) is 5.91 Å². The fourth-order valence-corrected chi connectivity index (χ4v) is 4.40. The predicted octanol–water partition coefficient (Wildman–Crippen LogP) is 4.22. The third-order valence-electron chi connectivity index (χ3n) is 6.13. The minimum absolute atomic E-state index is 0.00682. The summed E-state index contributed by atoms with van der Waals surface area (Å²) in [5.74, 6) is -3.03. The van der Waals surface area contributed by atoms with Gasteiger partial charge in [0, 0.05) is 18.5 Å². The molecular formula is C24H23F7N6O3. The topological polar surface area (TPSA) is 115 Å². The Balaban J connectivity index is 1.72. The zero-order chi connectivity index (χ0) is 29.6. The number of benzene rings is 1. The zero-order valence-electron chi connectivity index (χ0n) is 21.0. The number of alkyl halides is 7. The van der Waals surface area contributed by atoms with Crippen LogP contribution < -0.4 is 15.8 Å². The van der Waals surface area contributed by atoms with Gasteiger partial charge < -0.3 is 20.7 Å². The fourth-order valence-electron chi connectivity index (χ4n) is 4.40. The molecule has 2 aromatic heterocycles. The lowest BCUT2D eigenvalue weighted by Gasteiger charge is -2.19. The van der Waals surface area contributed by atoms with E-state index in [0.29, 0.717) is 6.07 Å². The van der Waals surface area contributed by atoms with E-state index in [0.717, 1.165) is 29.0 Å². The Morgan fingerprint density at radius 3 is 2.48 bits per heavy atom. The lowest BCUT2D eigenvalue weighted by atomic mass is 10.1. The molecule has 2 atom stereocenters. The van der Waals surface area contributed by atoms with Crippen LogP contribution in [0.1, 0.15) is 36.2 Å². The molecule has 3 aromatic rings. The highest BCUT2D eigenvalue weighted by Crippen LogP contribution is 2.39. The molecule has 0 saturated carbocycles. The predicted molar refractivity (Wildman–Crippen MR) is 127 cm³/mol. The van der Waals surface area contributed by atoms with Crippen molar-refractivity contribution in [1.82, 2.24) is 24.8 Å². The minimum atomic E-state index is -5.22. The van der Waals surface area contributed by atoms with E-state index in [1.165, 1.54) is 4.90 Å². The van der Waals surface area contributed by atoms with E-state index in [-0.39, 0.29) is 42.6 Å². The van der Waals surface area contributed by atoms with Gasteiger partial charge in [-0.05, 0) is 30.2 Å². The van der Waals surface area contributed by atoms with Crippen molar-refractivity contribution in [1.29, 1.82) is 0 Å². The highest BCUT2D eigenvalue weighted by atomic mass is 19.4. The molecule has 3 N–H and O–H groups in total. The third-order valence-corrected chi connectivity index (χ3v) is 6.13. The van der Waals surface area contributed by atoms with Crippen LogP contribution in [0.2, 0.25) is 0 Å². The molecule has 3 heterocycles. The van der Waals surface area contributed by atoms with Crippen molar-refractivity contribution in [2.24, 2.45) is 5.92 Å². The Kier molecular flexibility index (Phi) is 7.56. The Morgan fingerprint density at radius 2 is 1.85 bits per heavy atom. The quantitative estimate of drug-likeness (QED) is 0.425. The van der Waals surface area contributed by atoms with Gasteiger partial charge in [-0.1, -0.05) is 13.8 Å². The van der Waals surface area contributed by atoms with Crippen molar-refractivity contribution in [3.8, 4) is 17.0 Å². The number of hydrogen-bond donors (Lipinski definition) is 2. The first-order chi connectivity index (χ1) is 18.5. The minimum Gasteiger partial charge on any atom is -0.405 e. The summed E-state index contributed by atoms with van der Waals surface area (Å²) >= 11 is 0. The molecule has 1 aliphatic rings. The Hall–Kier alpha value is -4.11. The van der Waals surface area contributed by atoms with Gasteiger partial charge in [-0.2, -0.15) is 18.3 Å². The lowest BCUT2D eigenvalue weighted by Crippen LogP contribution is -2.42. The summed E-state index contributed by atoms with van der Waals surface area (Å²) in [6, 6.07) is 2.02. The van der Waals surface area contributed by atoms with Crippen LogP contribution >= 0.6 is 0 Å². The third kappa shape index (κ3) is 6.04. The Bertz CT molecular complexity index is 1440. The molecule has 4 rings (SSSR count). The second kappa shape index (κ2) is 10.5. The number of hydrogen-bond acceptors (Lipinski definition) is 6. The number of carbonyl (C=O) groups excluding carboxylic acids is 2. The van der Waals surface area contributed by atoms with E-state index < -0.39 is 58.9 Å². The van der Waals surface area contributed by atoms with Crippen LogP contribution in [0.4, 0.5) is 36.6 Å². The number of anilines is 1. The molecule has 40 heavy (non-hydrogen) atoms. The summed E-state index contributed by atoms with van der Waals surface area (Å²) in [5.41, 5.74) is 2.68. The smallest absolute Gasteiger partial charge is 0.405 e. The number of fused-ring (bicyclic) bond motifs is 1. The Morgan fingerprint density at radius 1 is 1.15 bits per heavy atom. The molecule has 216 valence electrons. The van der Waals surface area contributed by atoms with Crippen LogP contribution in [-0.2, 0) is 11.0 Å². The standard InChI is InChI=1S/C24H23F7N6O3/c1-11(2)5-19(38)36-8-15(25)16(9-36)35-22(39)13-6-12(3-4-18(13)40-24(29,30)31)17-7-14(23(26,27)28)20-21(32)33-10-34-37(17)20/h3-4,6-7,10-11,15-16H,5,8-9H2,1-2H3,(H,35,39)(H2,32,33,34)/t15-,16+/m0/s1. The zero-order valence-corrected chi connectivity index (χ0v) is 21.0. The number of carbonyl (C=O) groups is 2. The summed E-state index contributed by atoms with van der Waals surface area (Å²) in [5, 5.41) is 6.05. The van der Waals surface area contributed by atoms with Crippen LogP contribution in [0, 0.1) is 5.92 Å². The largest absolute Gasteiger partial charge is 0.573 e. The highest BCUT2D eigenvalue weighted by Gasteiger charge is 2.39. The molecule has 16 heteroatoms. The van der Waals surface area contributed by atoms with Gasteiger partial charge >= 0.3 is 12.5 Å². The van der Waals surface area contributed by atoms with E-state index in [1.54, 1.807) is 13.8 Å². The summed E-state index contributed by atoms with van der Waals surface area (Å²) in [7, 11) is 0. The van der Waals surface area contributed by atoms with Crippen molar-refractivity contribution >= 4 is 23.1 Å². The number of nitrogens with two attached hydrogens (primary N) is 1. The first-order valence-electron chi connectivity index (χ1n) is 11.9. The summed E-state index contributed by atoms with van der Waals surface area (Å²) in [6.07, 6.45) is -10.8. The number of ether oxygens (including phenoxy) is 1. The van der Waals surface area contributed by atoms with Crippen LogP contribution in [0.15, 0.2) is 30.6 Å². The normalized spacial score (nSPS) is 18.0. The number of amides is 2. The lowest BCUT2D eigenvalue weighted by molar-refractivity contribution is -0.274. The van der Waals surface area contributed by atoms with E-state index in [2.05, 4.69) is 20.1 Å². The average molecular weight is 576 g/mol. The maximum atomic E-state index is 14.7. The van der Waals surface area contributed by atoms with Gasteiger partial charge in [-0.15, -0.1) is 13.2 Å². The van der Waals surface area contributed by atoms with E-state index in [9.17, 15) is 40.3 Å². The van der Waals surface area contributed by atoms with E-state index in [4.69, 9.17) is 5.73 Å². The molecule has 1 aliphatic heterocycles. The van der Waals surface area contributed by atoms with Crippen molar-refractivity contribution < 1.29 is 45.1 Å². The molecular weight excluding hydrogens is 553 g/mol. The van der Waals surface area contributed by atoms with E-state index in [1.807, 2.05) is 0 Å². The molecule has 1 saturated heterocycles. The molecule has 0 aliphatic carbocycles. The number of likely N-dealkylation sites (tertiary alicyclic amines) is 1. The first-order valence-corrected chi connectivity index (χ1v) is 11.9. The van der Waals surface area contributed by atoms with Gasteiger partial charge in [0.1, 0.15) is 23.8 Å². The first kappa shape index (κ1) is 28.9. The number of nitrogens with zero attached hydrogens (tertiary/aromatic N) is 4. The maximum absolute atomic E-state index is 14.7. The van der Waals surface area contributed by atoms with Gasteiger partial charge in [0.15, 0.2) is 5.82 Å². The molecule has 0 radical (unpaired) electrons. The van der Waals surface area contributed by atoms with Crippen LogP contribution in [-0.4, -0.2) is 63.0 Å². The molecule has 1 aromatic carbocycles. The summed E-state index contributed by atoms with van der Waals surface area (Å²) < 4.78 is 99.8. The monoisotopic (exact) mass is 576 g/mol. The second-order valence-corrected chi connectivity index (χ2v) is 9.60. The Labute approximate surface area is 222 Å². The number of rotatable bonds is 6. The molecule has 0 unspecified atom stereocenters. The number of nitrogen functional groups attached to an aromatic ring is 1. The summed E-state index contributed by atoms with van der Waals surface area (Å²) in [4.78, 5) is 30.2. The van der Waals surface area contributed by atoms with Crippen molar-refractivity contribution in [2.75, 3.05) is 18.8 Å². The summed E-state index contributed by atoms with van der Waals surface area (Å²) in [6.45, 7) is 3.05. The van der Waals surface area contributed by atoms with Crippen LogP contribution in [0.5, 0.6) is 5.75 Å². The van der Waals surface area contributed by atoms with Gasteiger partial charge in [-0.25, -0.2) is 13.9 Å².